The van der Waals surface area contributed by atoms with E-state index < -0.39 is 0 Å². The fourth-order valence-electron chi connectivity index (χ4n) is 2.91. The van der Waals surface area contributed by atoms with Crippen molar-refractivity contribution in [3.8, 4) is 0 Å². The van der Waals surface area contributed by atoms with Crippen LogP contribution in [0, 0.1) is 17.7 Å². The number of rotatable bonds is 5. The molecule has 2 unspecified atom stereocenters. The topological polar surface area (TPSA) is 24.9 Å². The Labute approximate surface area is 109 Å². The largest absolute Gasteiger partial charge is 0.313 e. The molecule has 18 heavy (non-hydrogen) atoms. The lowest BCUT2D eigenvalue weighted by Crippen LogP contribution is -2.21. The zero-order chi connectivity index (χ0) is 12.8. The predicted octanol–water partition coefficient (Wildman–Crippen LogP) is 3.53. The highest BCUT2D eigenvalue weighted by molar-refractivity contribution is 5.09. The van der Waals surface area contributed by atoms with Crippen LogP contribution in [0.25, 0.3) is 0 Å². The molecule has 0 aromatic carbocycles. The van der Waals surface area contributed by atoms with Crippen molar-refractivity contribution in [3.05, 3.63) is 29.8 Å². The highest BCUT2D eigenvalue weighted by atomic mass is 19.1. The molecule has 1 N–H and O–H groups in total. The Hall–Kier alpha value is -0.960. The highest BCUT2D eigenvalue weighted by Gasteiger charge is 2.17. The summed E-state index contributed by atoms with van der Waals surface area (Å²) >= 11 is 0. The van der Waals surface area contributed by atoms with Gasteiger partial charge >= 0.3 is 0 Å². The van der Waals surface area contributed by atoms with Gasteiger partial charge in [0.05, 0.1) is 6.20 Å². The maximum atomic E-state index is 12.9. The Bertz CT molecular complexity index is 367. The molecular formula is C15H23FN2. The molecule has 0 spiro atoms. The lowest BCUT2D eigenvalue weighted by molar-refractivity contribution is 0.267. The van der Waals surface area contributed by atoms with Gasteiger partial charge in [0.25, 0.3) is 0 Å². The summed E-state index contributed by atoms with van der Waals surface area (Å²) in [5.74, 6) is 1.53. The number of hydrogen-bond acceptors (Lipinski definition) is 2. The number of nitrogens with one attached hydrogen (secondary N) is 1. The number of hydrogen-bond donors (Lipinski definition) is 1. The first-order valence-electron chi connectivity index (χ1n) is 7.04. The van der Waals surface area contributed by atoms with E-state index in [0.29, 0.717) is 6.54 Å². The minimum atomic E-state index is -0.254. The molecule has 1 aromatic heterocycles. The zero-order valence-electron chi connectivity index (χ0n) is 11.2. The van der Waals surface area contributed by atoms with Crippen LogP contribution in [0.4, 0.5) is 4.39 Å². The van der Waals surface area contributed by atoms with Crippen LogP contribution in [-0.2, 0) is 6.54 Å². The third-order valence-corrected chi connectivity index (χ3v) is 3.86. The number of pyridine rings is 1. The van der Waals surface area contributed by atoms with Gasteiger partial charge in [-0.05, 0) is 42.9 Å². The van der Waals surface area contributed by atoms with Gasteiger partial charge < -0.3 is 5.32 Å². The molecule has 1 fully saturated rings. The summed E-state index contributed by atoms with van der Waals surface area (Å²) in [6.07, 6.45) is 9.76. The first-order valence-corrected chi connectivity index (χ1v) is 7.04. The molecule has 3 heteroatoms. The number of aromatic nitrogens is 1. The van der Waals surface area contributed by atoms with Crippen molar-refractivity contribution in [2.24, 2.45) is 11.8 Å². The normalized spacial score (nSPS) is 24.1. The first kappa shape index (κ1) is 13.5. The molecule has 1 aliphatic rings. The molecular weight excluding hydrogens is 227 g/mol. The lowest BCUT2D eigenvalue weighted by Gasteiger charge is -2.26. The molecule has 0 amide bonds. The highest BCUT2D eigenvalue weighted by Crippen LogP contribution is 2.30. The summed E-state index contributed by atoms with van der Waals surface area (Å²) in [5.41, 5.74) is 0.923. The van der Waals surface area contributed by atoms with Crippen molar-refractivity contribution in [1.29, 1.82) is 0 Å². The SMILES string of the molecule is CC1CCCC(CCNCc2cncc(F)c2)C1. The molecule has 2 rings (SSSR count). The average molecular weight is 250 g/mol. The zero-order valence-corrected chi connectivity index (χ0v) is 11.2. The van der Waals surface area contributed by atoms with Gasteiger partial charge in [0.2, 0.25) is 0 Å². The van der Waals surface area contributed by atoms with Crippen molar-refractivity contribution in [1.82, 2.24) is 10.3 Å². The molecule has 1 aromatic rings. The lowest BCUT2D eigenvalue weighted by atomic mass is 9.81. The van der Waals surface area contributed by atoms with Gasteiger partial charge in [-0.15, -0.1) is 0 Å². The van der Waals surface area contributed by atoms with Gasteiger partial charge in [-0.1, -0.05) is 26.2 Å². The minimum absolute atomic E-state index is 0.254. The van der Waals surface area contributed by atoms with Gasteiger partial charge in [-0.2, -0.15) is 0 Å². The van der Waals surface area contributed by atoms with Crippen LogP contribution < -0.4 is 5.32 Å². The van der Waals surface area contributed by atoms with Crippen molar-refractivity contribution < 1.29 is 4.39 Å². The molecule has 0 aliphatic heterocycles. The van der Waals surface area contributed by atoms with Gasteiger partial charge in [0, 0.05) is 12.7 Å². The van der Waals surface area contributed by atoms with Crippen molar-refractivity contribution in [3.63, 3.8) is 0 Å². The smallest absolute Gasteiger partial charge is 0.141 e. The number of halogens is 1. The Balaban J connectivity index is 1.64. The minimum Gasteiger partial charge on any atom is -0.313 e. The molecule has 1 heterocycles. The maximum Gasteiger partial charge on any atom is 0.141 e. The second-order valence-corrected chi connectivity index (χ2v) is 5.61. The van der Waals surface area contributed by atoms with Crippen molar-refractivity contribution in [2.75, 3.05) is 6.54 Å². The van der Waals surface area contributed by atoms with Crippen LogP contribution in [-0.4, -0.2) is 11.5 Å². The molecule has 1 saturated carbocycles. The van der Waals surface area contributed by atoms with Gasteiger partial charge in [-0.3, -0.25) is 4.98 Å². The maximum absolute atomic E-state index is 12.9. The van der Waals surface area contributed by atoms with Crippen LogP contribution in [0.3, 0.4) is 0 Å². The Morgan fingerprint density at radius 3 is 3.06 bits per heavy atom. The predicted molar refractivity (Wildman–Crippen MR) is 71.6 cm³/mol. The molecule has 1 aliphatic carbocycles. The van der Waals surface area contributed by atoms with Crippen LogP contribution >= 0.6 is 0 Å². The van der Waals surface area contributed by atoms with Crippen molar-refractivity contribution in [2.45, 2.75) is 45.6 Å². The van der Waals surface area contributed by atoms with E-state index in [1.165, 1.54) is 38.3 Å². The fraction of sp³-hybridized carbons (Fsp3) is 0.667. The third kappa shape index (κ3) is 4.37. The van der Waals surface area contributed by atoms with Gasteiger partial charge in [-0.25, -0.2) is 4.39 Å². The summed E-state index contributed by atoms with van der Waals surface area (Å²) < 4.78 is 12.9. The standard InChI is InChI=1S/C15H23FN2/c1-12-3-2-4-13(7-12)5-6-17-9-14-8-15(16)11-18-10-14/h8,10-13,17H,2-7,9H2,1H3. The van der Waals surface area contributed by atoms with Crippen LogP contribution in [0.5, 0.6) is 0 Å². The Morgan fingerprint density at radius 1 is 1.39 bits per heavy atom. The number of nitrogens with zero attached hydrogens (tertiary/aromatic N) is 1. The van der Waals surface area contributed by atoms with E-state index in [2.05, 4.69) is 17.2 Å². The van der Waals surface area contributed by atoms with Crippen LogP contribution in [0.1, 0.15) is 44.6 Å². The van der Waals surface area contributed by atoms with E-state index in [9.17, 15) is 4.39 Å². The second kappa shape index (κ2) is 6.83. The van der Waals surface area contributed by atoms with Crippen LogP contribution in [0.2, 0.25) is 0 Å². The molecule has 2 atom stereocenters. The third-order valence-electron chi connectivity index (χ3n) is 3.86. The van der Waals surface area contributed by atoms with Gasteiger partial charge in [0.15, 0.2) is 0 Å². The monoisotopic (exact) mass is 250 g/mol. The molecule has 0 saturated heterocycles. The van der Waals surface area contributed by atoms with E-state index >= 15 is 0 Å². The van der Waals surface area contributed by atoms with Gasteiger partial charge in [0.1, 0.15) is 5.82 Å². The molecule has 0 bridgehead atoms. The Morgan fingerprint density at radius 2 is 2.28 bits per heavy atom. The fourth-order valence-corrected chi connectivity index (χ4v) is 2.91. The second-order valence-electron chi connectivity index (χ2n) is 5.61. The average Bonchev–Trinajstić information content (AvgIpc) is 2.35. The summed E-state index contributed by atoms with van der Waals surface area (Å²) in [6, 6.07) is 1.54. The molecule has 0 radical (unpaired) electrons. The van der Waals surface area contributed by atoms with E-state index in [4.69, 9.17) is 0 Å². The van der Waals surface area contributed by atoms with E-state index in [-0.39, 0.29) is 5.82 Å². The summed E-state index contributed by atoms with van der Waals surface area (Å²) in [7, 11) is 0. The quantitative estimate of drug-likeness (QED) is 0.809. The summed E-state index contributed by atoms with van der Waals surface area (Å²) in [5, 5.41) is 3.38. The Kier molecular flexibility index (Phi) is 5.12. The molecule has 2 nitrogen and oxygen atoms in total. The van der Waals surface area contributed by atoms with E-state index in [1.54, 1.807) is 12.3 Å². The first-order chi connectivity index (χ1) is 8.74. The van der Waals surface area contributed by atoms with Crippen molar-refractivity contribution >= 4 is 0 Å². The summed E-state index contributed by atoms with van der Waals surface area (Å²) in [4.78, 5) is 3.85. The van der Waals surface area contributed by atoms with E-state index in [0.717, 1.165) is 23.9 Å². The van der Waals surface area contributed by atoms with Crippen LogP contribution in [0.15, 0.2) is 18.5 Å². The summed E-state index contributed by atoms with van der Waals surface area (Å²) in [6.45, 7) is 4.10. The van der Waals surface area contributed by atoms with E-state index in [1.807, 2.05) is 0 Å². The molecule has 100 valence electrons.